The van der Waals surface area contributed by atoms with Gasteiger partial charge in [-0.1, -0.05) is 26.0 Å². The predicted molar refractivity (Wildman–Crippen MR) is 109 cm³/mol. The van der Waals surface area contributed by atoms with Gasteiger partial charge in [-0.15, -0.1) is 0 Å². The molecule has 1 amide bonds. The quantitative estimate of drug-likeness (QED) is 0.800. The van der Waals surface area contributed by atoms with Gasteiger partial charge in [0.1, 0.15) is 11.6 Å². The molecule has 2 heterocycles. The normalized spacial score (nSPS) is 14.1. The minimum Gasteiger partial charge on any atom is -0.483 e. The van der Waals surface area contributed by atoms with E-state index in [1.54, 1.807) is 18.3 Å². The molecule has 6 nitrogen and oxygen atoms in total. The number of nitrogens with zero attached hydrogens (tertiary/aromatic N) is 4. The summed E-state index contributed by atoms with van der Waals surface area (Å²) < 4.78 is 5.83. The fourth-order valence-corrected chi connectivity index (χ4v) is 3.21. The standard InChI is InChI=1S/C22H26N4O2/c1-16(2)19-5-4-17(3)20(13-19)28-15-22(27)26-10-8-25(9-11-26)21-12-18(14-23)6-7-24-21/h4-7,12-13,16H,8-11,15H2,1-3H3. The monoisotopic (exact) mass is 378 g/mol. The molecule has 0 N–H and O–H groups in total. The number of aryl methyl sites for hydroxylation is 1. The number of ether oxygens (including phenoxy) is 1. The third-order valence-corrected chi connectivity index (χ3v) is 5.06. The highest BCUT2D eigenvalue weighted by Gasteiger charge is 2.22. The molecule has 28 heavy (non-hydrogen) atoms. The van der Waals surface area contributed by atoms with Crippen LogP contribution in [0.2, 0.25) is 0 Å². The molecule has 1 aromatic carbocycles. The number of aromatic nitrogens is 1. The molecule has 0 bridgehead atoms. The van der Waals surface area contributed by atoms with Crippen LogP contribution >= 0.6 is 0 Å². The number of hydrogen-bond donors (Lipinski definition) is 0. The molecule has 0 aliphatic carbocycles. The van der Waals surface area contributed by atoms with Crippen LogP contribution in [0, 0.1) is 18.3 Å². The SMILES string of the molecule is Cc1ccc(C(C)C)cc1OCC(=O)N1CCN(c2cc(C#N)ccn2)CC1. The molecule has 6 heteroatoms. The van der Waals surface area contributed by atoms with E-state index < -0.39 is 0 Å². The Bertz CT molecular complexity index is 880. The number of amides is 1. The van der Waals surface area contributed by atoms with Gasteiger partial charge in [0.2, 0.25) is 0 Å². The second-order valence-corrected chi connectivity index (χ2v) is 7.35. The number of anilines is 1. The van der Waals surface area contributed by atoms with Crippen LogP contribution in [-0.4, -0.2) is 48.6 Å². The van der Waals surface area contributed by atoms with Gasteiger partial charge in [0, 0.05) is 32.4 Å². The van der Waals surface area contributed by atoms with Gasteiger partial charge in [0.25, 0.3) is 5.91 Å². The Kier molecular flexibility index (Phi) is 6.15. The van der Waals surface area contributed by atoms with Crippen molar-refractivity contribution in [3.8, 4) is 11.8 Å². The summed E-state index contributed by atoms with van der Waals surface area (Å²) in [6.45, 7) is 8.93. The molecule has 1 fully saturated rings. The topological polar surface area (TPSA) is 69.5 Å². The van der Waals surface area contributed by atoms with Crippen LogP contribution in [0.25, 0.3) is 0 Å². The smallest absolute Gasteiger partial charge is 0.260 e. The average Bonchev–Trinajstić information content (AvgIpc) is 2.73. The number of carbonyl (C=O) groups excluding carboxylic acids is 1. The molecule has 2 aromatic rings. The van der Waals surface area contributed by atoms with Gasteiger partial charge in [0.05, 0.1) is 11.6 Å². The maximum absolute atomic E-state index is 12.6. The van der Waals surface area contributed by atoms with Crippen LogP contribution in [0.1, 0.15) is 36.5 Å². The molecule has 1 saturated heterocycles. The number of hydrogen-bond acceptors (Lipinski definition) is 5. The summed E-state index contributed by atoms with van der Waals surface area (Å²) >= 11 is 0. The van der Waals surface area contributed by atoms with E-state index in [-0.39, 0.29) is 12.5 Å². The Labute approximate surface area is 166 Å². The fraction of sp³-hybridized carbons (Fsp3) is 0.409. The van der Waals surface area contributed by atoms with Gasteiger partial charge in [0.15, 0.2) is 6.61 Å². The summed E-state index contributed by atoms with van der Waals surface area (Å²) in [7, 11) is 0. The molecule has 1 aliphatic heterocycles. The van der Waals surface area contributed by atoms with Crippen molar-refractivity contribution in [3.05, 3.63) is 53.2 Å². The van der Waals surface area contributed by atoms with Crippen molar-refractivity contribution in [2.45, 2.75) is 26.7 Å². The second-order valence-electron chi connectivity index (χ2n) is 7.35. The van der Waals surface area contributed by atoms with Crippen molar-refractivity contribution in [2.24, 2.45) is 0 Å². The number of piperazine rings is 1. The van der Waals surface area contributed by atoms with Crippen LogP contribution in [0.15, 0.2) is 36.5 Å². The molecular weight excluding hydrogens is 352 g/mol. The van der Waals surface area contributed by atoms with Crippen LogP contribution < -0.4 is 9.64 Å². The van der Waals surface area contributed by atoms with Gasteiger partial charge in [-0.05, 0) is 42.2 Å². The predicted octanol–water partition coefficient (Wildman–Crippen LogP) is 3.11. The van der Waals surface area contributed by atoms with Gasteiger partial charge < -0.3 is 14.5 Å². The summed E-state index contributed by atoms with van der Waals surface area (Å²) in [4.78, 5) is 20.8. The van der Waals surface area contributed by atoms with Gasteiger partial charge in [-0.3, -0.25) is 4.79 Å². The zero-order chi connectivity index (χ0) is 20.1. The summed E-state index contributed by atoms with van der Waals surface area (Å²) in [5.41, 5.74) is 2.83. The highest BCUT2D eigenvalue weighted by atomic mass is 16.5. The largest absolute Gasteiger partial charge is 0.483 e. The first kappa shape index (κ1) is 19.7. The molecular formula is C22H26N4O2. The van der Waals surface area contributed by atoms with Gasteiger partial charge >= 0.3 is 0 Å². The van der Waals surface area contributed by atoms with Crippen LogP contribution in [0.3, 0.4) is 0 Å². The third kappa shape index (κ3) is 4.61. The molecule has 0 atom stereocenters. The van der Waals surface area contributed by atoms with E-state index in [9.17, 15) is 4.79 Å². The number of nitriles is 1. The van der Waals surface area contributed by atoms with E-state index in [4.69, 9.17) is 10.00 Å². The van der Waals surface area contributed by atoms with Crippen molar-refractivity contribution < 1.29 is 9.53 Å². The Hall–Kier alpha value is -3.07. The van der Waals surface area contributed by atoms with E-state index in [0.29, 0.717) is 37.7 Å². The lowest BCUT2D eigenvalue weighted by Gasteiger charge is -2.35. The molecule has 0 radical (unpaired) electrons. The highest BCUT2D eigenvalue weighted by molar-refractivity contribution is 5.78. The molecule has 146 valence electrons. The lowest BCUT2D eigenvalue weighted by Crippen LogP contribution is -2.50. The molecule has 1 aliphatic rings. The summed E-state index contributed by atoms with van der Waals surface area (Å²) in [6, 6.07) is 11.8. The first-order chi connectivity index (χ1) is 13.5. The van der Waals surface area contributed by atoms with Crippen molar-refractivity contribution in [1.82, 2.24) is 9.88 Å². The number of carbonyl (C=O) groups is 1. The number of pyridine rings is 1. The van der Waals surface area contributed by atoms with Gasteiger partial charge in [-0.2, -0.15) is 5.26 Å². The van der Waals surface area contributed by atoms with Crippen LogP contribution in [0.5, 0.6) is 5.75 Å². The van der Waals surface area contributed by atoms with Crippen LogP contribution in [-0.2, 0) is 4.79 Å². The maximum atomic E-state index is 12.6. The van der Waals surface area contributed by atoms with Crippen LogP contribution in [0.4, 0.5) is 5.82 Å². The Morgan fingerprint density at radius 2 is 1.96 bits per heavy atom. The first-order valence-corrected chi connectivity index (χ1v) is 9.60. The van der Waals surface area contributed by atoms with Crippen molar-refractivity contribution in [2.75, 3.05) is 37.7 Å². The van der Waals surface area contributed by atoms with Crippen molar-refractivity contribution in [3.63, 3.8) is 0 Å². The van der Waals surface area contributed by atoms with E-state index in [0.717, 1.165) is 17.1 Å². The van der Waals surface area contributed by atoms with E-state index >= 15 is 0 Å². The second kappa shape index (κ2) is 8.75. The van der Waals surface area contributed by atoms with E-state index in [1.807, 2.05) is 24.0 Å². The fourth-order valence-electron chi connectivity index (χ4n) is 3.21. The first-order valence-electron chi connectivity index (χ1n) is 9.60. The summed E-state index contributed by atoms with van der Waals surface area (Å²) in [5, 5.41) is 9.03. The molecule has 0 spiro atoms. The lowest BCUT2D eigenvalue weighted by molar-refractivity contribution is -0.133. The Balaban J connectivity index is 1.54. The molecule has 1 aromatic heterocycles. The summed E-state index contributed by atoms with van der Waals surface area (Å²) in [5.74, 6) is 1.96. The third-order valence-electron chi connectivity index (χ3n) is 5.06. The van der Waals surface area contributed by atoms with Crippen molar-refractivity contribution >= 4 is 11.7 Å². The maximum Gasteiger partial charge on any atom is 0.260 e. The highest BCUT2D eigenvalue weighted by Crippen LogP contribution is 2.24. The van der Waals surface area contributed by atoms with Crippen molar-refractivity contribution in [1.29, 1.82) is 5.26 Å². The molecule has 0 saturated carbocycles. The minimum absolute atomic E-state index is 0.00673. The average molecular weight is 378 g/mol. The van der Waals surface area contributed by atoms with E-state index in [2.05, 4.69) is 35.9 Å². The minimum atomic E-state index is -0.00673. The molecule has 0 unspecified atom stereocenters. The zero-order valence-corrected chi connectivity index (χ0v) is 16.7. The summed E-state index contributed by atoms with van der Waals surface area (Å²) in [6.07, 6.45) is 1.65. The Morgan fingerprint density at radius 1 is 1.21 bits per heavy atom. The number of benzene rings is 1. The molecule has 3 rings (SSSR count). The Morgan fingerprint density at radius 3 is 2.64 bits per heavy atom. The lowest BCUT2D eigenvalue weighted by atomic mass is 10.0. The zero-order valence-electron chi connectivity index (χ0n) is 16.7. The van der Waals surface area contributed by atoms with E-state index in [1.165, 1.54) is 5.56 Å². The number of rotatable bonds is 5. The van der Waals surface area contributed by atoms with Gasteiger partial charge in [-0.25, -0.2) is 4.98 Å².